The SMILES string of the molecule is Nc1cncc(-c2cnc3[nH]nc(-c4nc5c(-c6ccsc6)cncc5[nH]4)c3c2)c1. The third-order valence-corrected chi connectivity index (χ3v) is 5.64. The highest BCUT2D eigenvalue weighted by atomic mass is 32.1. The van der Waals surface area contributed by atoms with Crippen molar-refractivity contribution < 1.29 is 0 Å². The van der Waals surface area contributed by atoms with E-state index in [1.165, 1.54) is 0 Å². The predicted molar refractivity (Wildman–Crippen MR) is 118 cm³/mol. The molecule has 9 heteroatoms. The Kier molecular flexibility index (Phi) is 3.62. The fraction of sp³-hybridized carbons (Fsp3) is 0. The van der Waals surface area contributed by atoms with Gasteiger partial charge in [-0.2, -0.15) is 16.4 Å². The molecule has 0 bridgehead atoms. The number of hydrogen-bond acceptors (Lipinski definition) is 7. The van der Waals surface area contributed by atoms with Crippen LogP contribution in [-0.4, -0.2) is 35.1 Å². The van der Waals surface area contributed by atoms with E-state index in [4.69, 9.17) is 10.7 Å². The Bertz CT molecular complexity index is 1510. The molecule has 0 saturated carbocycles. The van der Waals surface area contributed by atoms with Crippen LogP contribution < -0.4 is 5.73 Å². The Balaban J connectivity index is 1.52. The van der Waals surface area contributed by atoms with Crippen molar-refractivity contribution in [1.29, 1.82) is 0 Å². The van der Waals surface area contributed by atoms with Crippen molar-refractivity contribution in [3.05, 3.63) is 59.9 Å². The first kappa shape index (κ1) is 16.8. The van der Waals surface area contributed by atoms with Gasteiger partial charge in [0, 0.05) is 41.5 Å². The van der Waals surface area contributed by atoms with Crippen molar-refractivity contribution in [2.45, 2.75) is 0 Å². The van der Waals surface area contributed by atoms with Crippen molar-refractivity contribution in [2.75, 3.05) is 5.73 Å². The summed E-state index contributed by atoms with van der Waals surface area (Å²) in [6.07, 6.45) is 8.77. The molecule has 6 rings (SSSR count). The third kappa shape index (κ3) is 2.64. The number of nitrogens with two attached hydrogens (primary N) is 1. The molecule has 0 atom stereocenters. The number of pyridine rings is 3. The molecule has 8 nitrogen and oxygen atoms in total. The van der Waals surface area contributed by atoms with Crippen LogP contribution in [0.15, 0.2) is 59.9 Å². The zero-order valence-corrected chi connectivity index (χ0v) is 16.3. The van der Waals surface area contributed by atoms with Crippen LogP contribution in [0.3, 0.4) is 0 Å². The smallest absolute Gasteiger partial charge is 0.159 e. The second-order valence-electron chi connectivity index (χ2n) is 6.88. The van der Waals surface area contributed by atoms with Gasteiger partial charge in [-0.25, -0.2) is 9.97 Å². The third-order valence-electron chi connectivity index (χ3n) is 4.96. The quantitative estimate of drug-likeness (QED) is 0.400. The molecule has 144 valence electrons. The highest BCUT2D eigenvalue weighted by Crippen LogP contribution is 2.32. The lowest BCUT2D eigenvalue weighted by Crippen LogP contribution is -1.89. The minimum atomic E-state index is 0.603. The molecule has 4 N–H and O–H groups in total. The standard InChI is InChI=1S/C21H14N8S/c22-14-3-12(5-23-7-14)13-4-15-19(28-29-20(15)25-6-13)21-26-17-9-24-8-16(18(17)27-21)11-1-2-30-10-11/h1-10H,22H2,(H,26,27)(H,25,28,29). The molecule has 6 aromatic heterocycles. The van der Waals surface area contributed by atoms with E-state index >= 15 is 0 Å². The minimum absolute atomic E-state index is 0.603. The predicted octanol–water partition coefficient (Wildman–Crippen LogP) is 4.27. The summed E-state index contributed by atoms with van der Waals surface area (Å²) in [4.78, 5) is 21.2. The van der Waals surface area contributed by atoms with E-state index in [9.17, 15) is 0 Å². The van der Waals surface area contributed by atoms with Crippen LogP contribution in [0.1, 0.15) is 0 Å². The van der Waals surface area contributed by atoms with Gasteiger partial charge in [-0.15, -0.1) is 0 Å². The van der Waals surface area contributed by atoms with Gasteiger partial charge in [0.1, 0.15) is 11.2 Å². The molecule has 0 spiro atoms. The van der Waals surface area contributed by atoms with Gasteiger partial charge in [0.2, 0.25) is 0 Å². The first-order chi connectivity index (χ1) is 14.8. The van der Waals surface area contributed by atoms with Gasteiger partial charge in [-0.1, -0.05) is 0 Å². The number of anilines is 1. The largest absolute Gasteiger partial charge is 0.397 e. The van der Waals surface area contributed by atoms with Crippen LogP contribution in [0.2, 0.25) is 0 Å². The van der Waals surface area contributed by atoms with Gasteiger partial charge in [0.05, 0.1) is 22.8 Å². The normalized spacial score (nSPS) is 11.5. The van der Waals surface area contributed by atoms with Crippen LogP contribution in [0.5, 0.6) is 0 Å². The van der Waals surface area contributed by atoms with Gasteiger partial charge in [-0.3, -0.25) is 15.1 Å². The van der Waals surface area contributed by atoms with Crippen molar-refractivity contribution in [3.8, 4) is 33.8 Å². The van der Waals surface area contributed by atoms with E-state index in [1.54, 1.807) is 36.1 Å². The van der Waals surface area contributed by atoms with Gasteiger partial charge < -0.3 is 10.7 Å². The summed E-state index contributed by atoms with van der Waals surface area (Å²) in [6, 6.07) is 5.95. The van der Waals surface area contributed by atoms with E-state index in [0.29, 0.717) is 22.9 Å². The Morgan fingerprint density at radius 3 is 2.70 bits per heavy atom. The summed E-state index contributed by atoms with van der Waals surface area (Å²) >= 11 is 1.64. The zero-order chi connectivity index (χ0) is 20.1. The van der Waals surface area contributed by atoms with Crippen LogP contribution >= 0.6 is 11.3 Å². The number of H-pyrrole nitrogens is 2. The van der Waals surface area contributed by atoms with Gasteiger partial charge in [-0.05, 0) is 34.5 Å². The Morgan fingerprint density at radius 2 is 1.83 bits per heavy atom. The monoisotopic (exact) mass is 410 g/mol. The number of aromatic nitrogens is 7. The molecule has 0 aliphatic carbocycles. The first-order valence-electron chi connectivity index (χ1n) is 9.18. The maximum Gasteiger partial charge on any atom is 0.159 e. The number of nitrogens with one attached hydrogen (secondary N) is 2. The maximum absolute atomic E-state index is 5.89. The maximum atomic E-state index is 5.89. The fourth-order valence-electron chi connectivity index (χ4n) is 3.53. The highest BCUT2D eigenvalue weighted by Gasteiger charge is 2.17. The lowest BCUT2D eigenvalue weighted by molar-refractivity contribution is 1.09. The Morgan fingerprint density at radius 1 is 0.933 bits per heavy atom. The summed E-state index contributed by atoms with van der Waals surface area (Å²) in [5.41, 5.74) is 13.5. The van der Waals surface area contributed by atoms with Gasteiger partial charge >= 0.3 is 0 Å². The van der Waals surface area contributed by atoms with E-state index in [0.717, 1.165) is 38.7 Å². The zero-order valence-electron chi connectivity index (χ0n) is 15.5. The van der Waals surface area contributed by atoms with Gasteiger partial charge in [0.25, 0.3) is 0 Å². The molecule has 0 unspecified atom stereocenters. The molecule has 0 aliphatic rings. The number of hydrogen-bond donors (Lipinski definition) is 3. The Labute approximate surface area is 173 Å². The van der Waals surface area contributed by atoms with E-state index in [2.05, 4.69) is 41.6 Å². The summed E-state index contributed by atoms with van der Waals surface area (Å²) in [5.74, 6) is 0.658. The summed E-state index contributed by atoms with van der Waals surface area (Å²) < 4.78 is 0. The molecule has 30 heavy (non-hydrogen) atoms. The van der Waals surface area contributed by atoms with Crippen molar-refractivity contribution in [1.82, 2.24) is 35.1 Å². The van der Waals surface area contributed by atoms with Crippen LogP contribution in [0, 0.1) is 0 Å². The molecule has 0 aliphatic heterocycles. The molecule has 0 radical (unpaired) electrons. The number of aromatic amines is 2. The molecule has 6 aromatic rings. The molecule has 0 aromatic carbocycles. The van der Waals surface area contributed by atoms with Gasteiger partial charge in [0.15, 0.2) is 11.5 Å². The second-order valence-corrected chi connectivity index (χ2v) is 7.66. The number of thiophene rings is 1. The summed E-state index contributed by atoms with van der Waals surface area (Å²) in [6.45, 7) is 0. The average Bonchev–Trinajstić information content (AvgIpc) is 3.51. The van der Waals surface area contributed by atoms with Crippen molar-refractivity contribution in [3.63, 3.8) is 0 Å². The van der Waals surface area contributed by atoms with Crippen molar-refractivity contribution >= 4 is 39.1 Å². The number of fused-ring (bicyclic) bond motifs is 2. The average molecular weight is 410 g/mol. The number of nitrogen functional groups attached to an aromatic ring is 1. The minimum Gasteiger partial charge on any atom is -0.397 e. The number of nitrogens with zero attached hydrogens (tertiary/aromatic N) is 5. The topological polar surface area (TPSA) is 122 Å². The molecule has 6 heterocycles. The lowest BCUT2D eigenvalue weighted by atomic mass is 10.1. The van der Waals surface area contributed by atoms with E-state index in [1.807, 2.05) is 23.7 Å². The van der Waals surface area contributed by atoms with Crippen LogP contribution in [0.4, 0.5) is 5.69 Å². The molecule has 0 fully saturated rings. The fourth-order valence-corrected chi connectivity index (χ4v) is 4.19. The van der Waals surface area contributed by atoms with E-state index < -0.39 is 0 Å². The summed E-state index contributed by atoms with van der Waals surface area (Å²) in [5, 5.41) is 12.4. The molecule has 0 amide bonds. The van der Waals surface area contributed by atoms with Crippen LogP contribution in [0.25, 0.3) is 55.8 Å². The first-order valence-corrected chi connectivity index (χ1v) is 10.1. The molecular formula is C21H14N8S. The highest BCUT2D eigenvalue weighted by molar-refractivity contribution is 7.08. The van der Waals surface area contributed by atoms with Crippen LogP contribution in [-0.2, 0) is 0 Å². The second kappa shape index (κ2) is 6.46. The number of imidazole rings is 1. The van der Waals surface area contributed by atoms with Crippen molar-refractivity contribution in [2.24, 2.45) is 0 Å². The summed E-state index contributed by atoms with van der Waals surface area (Å²) in [7, 11) is 0. The van der Waals surface area contributed by atoms with E-state index in [-0.39, 0.29) is 0 Å². The Hall–Kier alpha value is -4.11. The lowest BCUT2D eigenvalue weighted by Gasteiger charge is -2.02. The molecular weight excluding hydrogens is 396 g/mol. The number of rotatable bonds is 3. The molecule has 0 saturated heterocycles.